The highest BCUT2D eigenvalue weighted by molar-refractivity contribution is 6.25. The first-order chi connectivity index (χ1) is 23.3. The van der Waals surface area contributed by atoms with Gasteiger partial charge in [0, 0.05) is 45.1 Å². The van der Waals surface area contributed by atoms with E-state index in [2.05, 4.69) is 126 Å². The van der Waals surface area contributed by atoms with E-state index in [0.717, 1.165) is 66.0 Å². The number of amidine groups is 2. The fraction of sp³-hybridized carbons (Fsp3) is 0.0238. The molecule has 0 amide bonds. The van der Waals surface area contributed by atoms with Gasteiger partial charge in [0.2, 0.25) is 0 Å². The van der Waals surface area contributed by atoms with Crippen LogP contribution in [0, 0.1) is 0 Å². The van der Waals surface area contributed by atoms with Gasteiger partial charge in [-0.05, 0) is 68.2 Å². The quantitative estimate of drug-likeness (QED) is 0.205. The molecule has 3 heterocycles. The second kappa shape index (κ2) is 10.1. The number of hydrogen-bond donors (Lipinski definition) is 1. The minimum absolute atomic E-state index is 0.330. The molecule has 9 aromatic rings. The third kappa shape index (κ3) is 4.07. The molecule has 5 heteroatoms. The predicted molar refractivity (Wildman–Crippen MR) is 193 cm³/mol. The Kier molecular flexibility index (Phi) is 5.57. The van der Waals surface area contributed by atoms with Crippen molar-refractivity contribution in [2.45, 2.75) is 6.17 Å². The van der Waals surface area contributed by atoms with Crippen molar-refractivity contribution in [3.63, 3.8) is 0 Å². The molecule has 47 heavy (non-hydrogen) atoms. The summed E-state index contributed by atoms with van der Waals surface area (Å²) in [7, 11) is 0. The number of furan rings is 1. The van der Waals surface area contributed by atoms with E-state index in [4.69, 9.17) is 14.4 Å². The van der Waals surface area contributed by atoms with Crippen molar-refractivity contribution < 1.29 is 4.42 Å². The van der Waals surface area contributed by atoms with Crippen molar-refractivity contribution in [1.82, 2.24) is 10.3 Å². The van der Waals surface area contributed by atoms with Gasteiger partial charge in [0.05, 0.1) is 0 Å². The Morgan fingerprint density at radius 3 is 2.15 bits per heavy atom. The fourth-order valence-corrected chi connectivity index (χ4v) is 7.11. The number of hydrogen-bond acceptors (Lipinski definition) is 5. The van der Waals surface area contributed by atoms with Gasteiger partial charge in [-0.15, -0.1) is 0 Å². The maximum Gasteiger partial charge on any atom is 0.159 e. The average molecular weight is 603 g/mol. The zero-order valence-corrected chi connectivity index (χ0v) is 25.2. The topological polar surface area (TPSA) is 62.8 Å². The SMILES string of the molecule is c1ccc(C2N=C(c3ccc4c(c3)oc3c5ccccc5ccc43)N=C(c3cc4c5ccccc5ccc4c4ccncc34)N2)cc1. The maximum absolute atomic E-state index is 6.54. The molecule has 1 N–H and O–H groups in total. The molecule has 0 aliphatic carbocycles. The molecule has 1 unspecified atom stereocenters. The van der Waals surface area contributed by atoms with Gasteiger partial charge in [-0.1, -0.05) is 103 Å². The lowest BCUT2D eigenvalue weighted by Gasteiger charge is -2.24. The first-order valence-electron chi connectivity index (χ1n) is 15.8. The zero-order chi connectivity index (χ0) is 30.9. The maximum atomic E-state index is 6.54. The monoisotopic (exact) mass is 602 g/mol. The predicted octanol–water partition coefficient (Wildman–Crippen LogP) is 10.1. The molecule has 220 valence electrons. The van der Waals surface area contributed by atoms with Crippen molar-refractivity contribution in [2.24, 2.45) is 9.98 Å². The van der Waals surface area contributed by atoms with E-state index in [1.807, 2.05) is 30.6 Å². The van der Waals surface area contributed by atoms with Crippen molar-refractivity contribution in [3.8, 4) is 0 Å². The normalized spacial score (nSPS) is 15.0. The van der Waals surface area contributed by atoms with E-state index in [9.17, 15) is 0 Å². The lowest BCUT2D eigenvalue weighted by molar-refractivity contribution is 0.670. The van der Waals surface area contributed by atoms with Crippen molar-refractivity contribution in [1.29, 1.82) is 0 Å². The van der Waals surface area contributed by atoms with Crippen molar-refractivity contribution >= 4 is 76.7 Å². The summed E-state index contributed by atoms with van der Waals surface area (Å²) in [6.45, 7) is 0. The van der Waals surface area contributed by atoms with Gasteiger partial charge in [-0.3, -0.25) is 4.98 Å². The van der Waals surface area contributed by atoms with Crippen LogP contribution in [-0.2, 0) is 0 Å². The summed E-state index contributed by atoms with van der Waals surface area (Å²) < 4.78 is 6.54. The van der Waals surface area contributed by atoms with Gasteiger partial charge < -0.3 is 9.73 Å². The standard InChI is InChI=1S/C42H26N4O/c1-2-10-27(11-3-1)40-44-41(28-16-18-33-34-19-15-26-9-5-7-13-30(26)39(34)47-38(33)22-28)46-42(45-40)36-23-35-29-12-6-4-8-25(29)14-17-31(35)32-20-21-43-24-37(32)36/h1-24,40H,(H,44,45,46). The molecule has 5 nitrogen and oxygen atoms in total. The van der Waals surface area contributed by atoms with E-state index in [0.29, 0.717) is 5.84 Å². The molecule has 0 bridgehead atoms. The minimum Gasteiger partial charge on any atom is -0.455 e. The highest BCUT2D eigenvalue weighted by atomic mass is 16.3. The Hall–Kier alpha value is -6.33. The highest BCUT2D eigenvalue weighted by Crippen LogP contribution is 2.37. The first-order valence-corrected chi connectivity index (χ1v) is 15.8. The smallest absolute Gasteiger partial charge is 0.159 e. The molecule has 2 aromatic heterocycles. The van der Waals surface area contributed by atoms with Crippen LogP contribution in [0.1, 0.15) is 22.9 Å². The van der Waals surface area contributed by atoms with Crippen molar-refractivity contribution in [2.75, 3.05) is 0 Å². The van der Waals surface area contributed by atoms with Crippen LogP contribution in [0.5, 0.6) is 0 Å². The van der Waals surface area contributed by atoms with E-state index < -0.39 is 0 Å². The number of rotatable bonds is 3. The van der Waals surface area contributed by atoms with Gasteiger partial charge in [0.1, 0.15) is 23.2 Å². The Morgan fingerprint density at radius 2 is 1.28 bits per heavy atom. The number of aromatic nitrogens is 1. The van der Waals surface area contributed by atoms with E-state index in [1.54, 1.807) is 0 Å². The molecule has 1 aliphatic rings. The van der Waals surface area contributed by atoms with Crippen LogP contribution in [0.3, 0.4) is 0 Å². The van der Waals surface area contributed by atoms with E-state index in [1.165, 1.54) is 21.5 Å². The van der Waals surface area contributed by atoms with Crippen molar-refractivity contribution in [3.05, 3.63) is 163 Å². The molecule has 0 radical (unpaired) electrons. The molecule has 1 aliphatic heterocycles. The number of aliphatic imine (C=N–C) groups is 2. The zero-order valence-electron chi connectivity index (χ0n) is 25.2. The first kappa shape index (κ1) is 25.9. The molecular weight excluding hydrogens is 576 g/mol. The lowest BCUT2D eigenvalue weighted by Crippen LogP contribution is -2.33. The number of nitrogens with zero attached hydrogens (tertiary/aromatic N) is 3. The number of pyridine rings is 1. The third-order valence-electron chi connectivity index (χ3n) is 9.40. The Morgan fingerprint density at radius 1 is 0.553 bits per heavy atom. The summed E-state index contributed by atoms with van der Waals surface area (Å²) in [5.74, 6) is 1.40. The molecule has 0 fully saturated rings. The van der Waals surface area contributed by atoms with E-state index >= 15 is 0 Å². The summed E-state index contributed by atoms with van der Waals surface area (Å²) in [6, 6.07) is 46.6. The van der Waals surface area contributed by atoms with Crippen LogP contribution >= 0.6 is 0 Å². The van der Waals surface area contributed by atoms with Crippen LogP contribution in [0.2, 0.25) is 0 Å². The van der Waals surface area contributed by atoms with Crippen LogP contribution in [0.15, 0.2) is 160 Å². The van der Waals surface area contributed by atoms with Gasteiger partial charge in [0.15, 0.2) is 5.84 Å². The second-order valence-electron chi connectivity index (χ2n) is 12.1. The third-order valence-corrected chi connectivity index (χ3v) is 9.40. The lowest BCUT2D eigenvalue weighted by atomic mass is 9.94. The van der Waals surface area contributed by atoms with Crippen LogP contribution in [0.25, 0.3) is 65.0 Å². The van der Waals surface area contributed by atoms with Gasteiger partial charge in [-0.2, -0.15) is 0 Å². The Bertz CT molecular complexity index is 2780. The average Bonchev–Trinajstić information content (AvgIpc) is 3.53. The Balaban J connectivity index is 1.20. The molecule has 0 saturated heterocycles. The molecular formula is C42H26N4O. The molecule has 0 spiro atoms. The minimum atomic E-state index is -0.330. The van der Waals surface area contributed by atoms with E-state index in [-0.39, 0.29) is 6.17 Å². The van der Waals surface area contributed by atoms with Gasteiger partial charge >= 0.3 is 0 Å². The number of fused-ring (bicyclic) bond motifs is 10. The molecule has 10 rings (SSSR count). The van der Waals surface area contributed by atoms with Gasteiger partial charge in [-0.25, -0.2) is 9.98 Å². The molecule has 7 aromatic carbocycles. The Labute approximate surface area is 269 Å². The number of nitrogens with one attached hydrogen (secondary N) is 1. The highest BCUT2D eigenvalue weighted by Gasteiger charge is 2.24. The molecule has 1 atom stereocenters. The van der Waals surface area contributed by atoms with Gasteiger partial charge in [0.25, 0.3) is 0 Å². The summed E-state index contributed by atoms with van der Waals surface area (Å²) in [5.41, 5.74) is 4.66. The number of benzene rings is 7. The second-order valence-corrected chi connectivity index (χ2v) is 12.1. The fourth-order valence-electron chi connectivity index (χ4n) is 7.11. The summed E-state index contributed by atoms with van der Waals surface area (Å²) in [4.78, 5) is 14.9. The largest absolute Gasteiger partial charge is 0.455 e. The van der Waals surface area contributed by atoms with Crippen LogP contribution in [0.4, 0.5) is 0 Å². The molecule has 0 saturated carbocycles. The summed E-state index contributed by atoms with van der Waals surface area (Å²) >= 11 is 0. The van der Waals surface area contributed by atoms with Crippen LogP contribution in [-0.4, -0.2) is 16.7 Å². The summed E-state index contributed by atoms with van der Waals surface area (Å²) in [5, 5.41) is 15.1. The van der Waals surface area contributed by atoms with Crippen LogP contribution < -0.4 is 5.32 Å². The summed E-state index contributed by atoms with van der Waals surface area (Å²) in [6.07, 6.45) is 3.48.